The molecule has 0 unspecified atom stereocenters. The standard InChI is InChI=1S/C16H19F3N2O3/c1-24-13-4-2-3-12(9-13)15(23)21-7-5-11(6-8-21)14(22)20-10-16(17,18)19/h2-4,9,11H,5-8,10H2,1H3,(H,20,22). The van der Waals surface area contributed by atoms with Gasteiger partial charge in [0, 0.05) is 24.6 Å². The smallest absolute Gasteiger partial charge is 0.405 e. The zero-order valence-corrected chi connectivity index (χ0v) is 13.2. The van der Waals surface area contributed by atoms with Gasteiger partial charge in [-0.15, -0.1) is 0 Å². The summed E-state index contributed by atoms with van der Waals surface area (Å²) in [6.07, 6.45) is -3.72. The van der Waals surface area contributed by atoms with Gasteiger partial charge in [0.15, 0.2) is 0 Å². The third-order valence-electron chi connectivity index (χ3n) is 3.93. The summed E-state index contributed by atoms with van der Waals surface area (Å²) in [5, 5.41) is 1.90. The van der Waals surface area contributed by atoms with Crippen LogP contribution < -0.4 is 10.1 Å². The minimum absolute atomic E-state index is 0.178. The second-order valence-electron chi connectivity index (χ2n) is 5.63. The summed E-state index contributed by atoms with van der Waals surface area (Å²) >= 11 is 0. The summed E-state index contributed by atoms with van der Waals surface area (Å²) in [5.74, 6) is -0.715. The number of nitrogens with zero attached hydrogens (tertiary/aromatic N) is 1. The highest BCUT2D eigenvalue weighted by molar-refractivity contribution is 5.94. The molecule has 0 radical (unpaired) electrons. The molecule has 8 heteroatoms. The number of likely N-dealkylation sites (tertiary alicyclic amines) is 1. The van der Waals surface area contributed by atoms with E-state index >= 15 is 0 Å². The predicted octanol–water partition coefficient (Wildman–Crippen LogP) is 2.23. The molecular weight excluding hydrogens is 325 g/mol. The van der Waals surface area contributed by atoms with Crippen molar-refractivity contribution < 1.29 is 27.5 Å². The molecular formula is C16H19F3N2O3. The van der Waals surface area contributed by atoms with E-state index in [1.54, 1.807) is 29.2 Å². The summed E-state index contributed by atoms with van der Waals surface area (Å²) < 4.78 is 41.4. The van der Waals surface area contributed by atoms with Gasteiger partial charge >= 0.3 is 6.18 Å². The zero-order chi connectivity index (χ0) is 17.7. The second kappa shape index (κ2) is 7.55. The van der Waals surface area contributed by atoms with Crippen molar-refractivity contribution in [2.75, 3.05) is 26.7 Å². The molecule has 0 spiro atoms. The van der Waals surface area contributed by atoms with E-state index in [0.29, 0.717) is 37.2 Å². The monoisotopic (exact) mass is 344 g/mol. The number of ether oxygens (including phenoxy) is 1. The molecule has 0 saturated carbocycles. The molecule has 1 saturated heterocycles. The topological polar surface area (TPSA) is 58.6 Å². The van der Waals surface area contributed by atoms with Gasteiger partial charge in [-0.2, -0.15) is 13.2 Å². The highest BCUT2D eigenvalue weighted by Gasteiger charge is 2.32. The molecule has 1 fully saturated rings. The molecule has 1 N–H and O–H groups in total. The highest BCUT2D eigenvalue weighted by Crippen LogP contribution is 2.21. The van der Waals surface area contributed by atoms with Crippen molar-refractivity contribution in [1.82, 2.24) is 10.2 Å². The van der Waals surface area contributed by atoms with Crippen molar-refractivity contribution in [1.29, 1.82) is 0 Å². The van der Waals surface area contributed by atoms with Crippen LogP contribution in [0.2, 0.25) is 0 Å². The van der Waals surface area contributed by atoms with Crippen LogP contribution in [-0.2, 0) is 4.79 Å². The molecule has 1 aromatic carbocycles. The molecule has 1 aromatic rings. The van der Waals surface area contributed by atoms with Crippen LogP contribution >= 0.6 is 0 Å². The Morgan fingerprint density at radius 2 is 1.96 bits per heavy atom. The molecule has 0 aromatic heterocycles. The first-order valence-corrected chi connectivity index (χ1v) is 7.58. The van der Waals surface area contributed by atoms with Crippen molar-refractivity contribution in [3.05, 3.63) is 29.8 Å². The lowest BCUT2D eigenvalue weighted by atomic mass is 9.95. The number of rotatable bonds is 4. The van der Waals surface area contributed by atoms with Crippen molar-refractivity contribution >= 4 is 11.8 Å². The number of benzene rings is 1. The Hall–Kier alpha value is -2.25. The number of carbonyl (C=O) groups is 2. The predicted molar refractivity (Wildman–Crippen MR) is 80.7 cm³/mol. The lowest BCUT2D eigenvalue weighted by molar-refractivity contribution is -0.141. The fourth-order valence-electron chi connectivity index (χ4n) is 2.62. The van der Waals surface area contributed by atoms with Gasteiger partial charge in [-0.3, -0.25) is 9.59 Å². The zero-order valence-electron chi connectivity index (χ0n) is 13.2. The molecule has 0 atom stereocenters. The van der Waals surface area contributed by atoms with E-state index in [2.05, 4.69) is 0 Å². The lowest BCUT2D eigenvalue weighted by Gasteiger charge is -2.31. The molecule has 24 heavy (non-hydrogen) atoms. The van der Waals surface area contributed by atoms with Gasteiger partial charge < -0.3 is 15.0 Å². The van der Waals surface area contributed by atoms with Gasteiger partial charge in [0.2, 0.25) is 5.91 Å². The summed E-state index contributed by atoms with van der Waals surface area (Å²) in [6, 6.07) is 6.74. The number of carbonyl (C=O) groups excluding carboxylic acids is 2. The minimum Gasteiger partial charge on any atom is -0.497 e. The number of methoxy groups -OCH3 is 1. The van der Waals surface area contributed by atoms with Gasteiger partial charge in [0.1, 0.15) is 12.3 Å². The Balaban J connectivity index is 1.87. The quantitative estimate of drug-likeness (QED) is 0.911. The number of hydrogen-bond donors (Lipinski definition) is 1. The molecule has 1 aliphatic rings. The van der Waals surface area contributed by atoms with Crippen LogP contribution in [0.15, 0.2) is 24.3 Å². The Morgan fingerprint density at radius 1 is 1.29 bits per heavy atom. The second-order valence-corrected chi connectivity index (χ2v) is 5.63. The summed E-state index contributed by atoms with van der Waals surface area (Å²) in [6.45, 7) is -0.658. The lowest BCUT2D eigenvalue weighted by Crippen LogP contribution is -2.44. The van der Waals surface area contributed by atoms with Crippen LogP contribution in [0.4, 0.5) is 13.2 Å². The maximum Gasteiger partial charge on any atom is 0.405 e. The van der Waals surface area contributed by atoms with Gasteiger partial charge in [-0.1, -0.05) is 6.07 Å². The molecule has 2 amide bonds. The first kappa shape index (κ1) is 18.1. The van der Waals surface area contributed by atoms with E-state index in [0.717, 1.165) is 0 Å². The number of halogens is 3. The van der Waals surface area contributed by atoms with Gasteiger partial charge in [-0.05, 0) is 31.0 Å². The Morgan fingerprint density at radius 3 is 2.54 bits per heavy atom. The van der Waals surface area contributed by atoms with Crippen LogP contribution in [0.3, 0.4) is 0 Å². The van der Waals surface area contributed by atoms with Crippen LogP contribution in [-0.4, -0.2) is 49.6 Å². The number of hydrogen-bond acceptors (Lipinski definition) is 3. The number of nitrogens with one attached hydrogen (secondary N) is 1. The Bertz CT molecular complexity index is 596. The molecule has 1 aliphatic heterocycles. The van der Waals surface area contributed by atoms with Crippen LogP contribution in [0.1, 0.15) is 23.2 Å². The normalized spacial score (nSPS) is 15.9. The molecule has 5 nitrogen and oxygen atoms in total. The van der Waals surface area contributed by atoms with E-state index in [4.69, 9.17) is 4.74 Å². The number of piperidine rings is 1. The van der Waals surface area contributed by atoms with E-state index in [1.807, 2.05) is 5.32 Å². The first-order chi connectivity index (χ1) is 11.3. The van der Waals surface area contributed by atoms with Gasteiger partial charge in [0.05, 0.1) is 7.11 Å². The molecule has 132 valence electrons. The Kier molecular flexibility index (Phi) is 5.69. The first-order valence-electron chi connectivity index (χ1n) is 7.58. The highest BCUT2D eigenvalue weighted by atomic mass is 19.4. The van der Waals surface area contributed by atoms with Crippen molar-refractivity contribution in [2.45, 2.75) is 19.0 Å². The average molecular weight is 344 g/mol. The summed E-state index contributed by atoms with van der Waals surface area (Å²) in [5.41, 5.74) is 0.481. The SMILES string of the molecule is COc1cccc(C(=O)N2CCC(C(=O)NCC(F)(F)F)CC2)c1. The number of amides is 2. The van der Waals surface area contributed by atoms with Crippen molar-refractivity contribution in [3.63, 3.8) is 0 Å². The molecule has 2 rings (SSSR count). The summed E-state index contributed by atoms with van der Waals surface area (Å²) in [4.78, 5) is 25.8. The van der Waals surface area contributed by atoms with Gasteiger partial charge in [-0.25, -0.2) is 0 Å². The largest absolute Gasteiger partial charge is 0.497 e. The Labute approximate surface area is 137 Å². The number of alkyl halides is 3. The molecule has 0 bridgehead atoms. The van der Waals surface area contributed by atoms with Gasteiger partial charge in [0.25, 0.3) is 5.91 Å². The van der Waals surface area contributed by atoms with E-state index in [-0.39, 0.29) is 5.91 Å². The minimum atomic E-state index is -4.42. The van der Waals surface area contributed by atoms with E-state index in [1.165, 1.54) is 7.11 Å². The third-order valence-corrected chi connectivity index (χ3v) is 3.93. The third kappa shape index (κ3) is 4.87. The fraction of sp³-hybridized carbons (Fsp3) is 0.500. The summed E-state index contributed by atoms with van der Waals surface area (Å²) in [7, 11) is 1.51. The van der Waals surface area contributed by atoms with E-state index in [9.17, 15) is 22.8 Å². The van der Waals surface area contributed by atoms with Crippen molar-refractivity contribution in [3.8, 4) is 5.75 Å². The molecule has 1 heterocycles. The van der Waals surface area contributed by atoms with Crippen molar-refractivity contribution in [2.24, 2.45) is 5.92 Å². The van der Waals surface area contributed by atoms with Crippen LogP contribution in [0.5, 0.6) is 5.75 Å². The fourth-order valence-corrected chi connectivity index (χ4v) is 2.62. The van der Waals surface area contributed by atoms with E-state index < -0.39 is 24.5 Å². The van der Waals surface area contributed by atoms with Crippen LogP contribution in [0, 0.1) is 5.92 Å². The van der Waals surface area contributed by atoms with Crippen LogP contribution in [0.25, 0.3) is 0 Å². The molecule has 0 aliphatic carbocycles. The maximum atomic E-state index is 12.4. The maximum absolute atomic E-state index is 12.4. The average Bonchev–Trinajstić information content (AvgIpc) is 2.58.